The molecule has 3 aromatic heterocycles. The molecule has 17 aromatic carbocycles. The molecule has 9 nitrogen and oxygen atoms in total. The molecule has 0 aliphatic carbocycles. The number of nitrogens with zero attached hydrogens (tertiary/aromatic N) is 9. The van der Waals surface area contributed by atoms with Crippen LogP contribution in [0.3, 0.4) is 0 Å². The third-order valence-corrected chi connectivity index (χ3v) is 36.4. The van der Waals surface area contributed by atoms with Gasteiger partial charge in [0.2, 0.25) is 0 Å². The molecule has 0 saturated carbocycles. The van der Waals surface area contributed by atoms with Crippen LogP contribution in [0.4, 0.5) is 0 Å². The van der Waals surface area contributed by atoms with E-state index in [2.05, 4.69) is 379 Å². The van der Waals surface area contributed by atoms with Crippen LogP contribution in [0.15, 0.2) is 400 Å². The van der Waals surface area contributed by atoms with Crippen molar-refractivity contribution in [1.29, 1.82) is 0 Å². The van der Waals surface area contributed by atoms with E-state index in [1.807, 2.05) is 54.6 Å². The van der Waals surface area contributed by atoms with Gasteiger partial charge in [0, 0.05) is 50.1 Å². The van der Waals surface area contributed by atoms with Gasteiger partial charge in [-0.05, 0) is 131 Å². The van der Waals surface area contributed by atoms with Crippen LogP contribution in [0, 0.1) is 0 Å². The molecule has 3 aliphatic heterocycles. The van der Waals surface area contributed by atoms with Crippen LogP contribution in [0.25, 0.3) is 179 Å². The quantitative estimate of drug-likeness (QED) is 0.117. The number of benzene rings is 17. The van der Waals surface area contributed by atoms with Gasteiger partial charge in [-0.15, -0.1) is 0 Å². The lowest BCUT2D eigenvalue weighted by molar-refractivity contribution is 1.07. The Morgan fingerprint density at radius 1 is 0.156 bits per heavy atom. The first-order valence-electron chi connectivity index (χ1n) is 41.6. The standard InChI is InChI=1S/C39H29N3Si.C38H27N3Si.C33H25N3Si/c1-43(2)35-24-30(26-11-5-3-6-12-26)19-21-33(35)34-22-20-32(25-36(34)43)39-41-37(28-14-7-4-8-15-28)40-38(42-39)31-18-17-27-13-9-10-16-29(27)23-31;1-42(30-17-6-3-7-18-30)33-21-11-10-19-31(33)35-32(20-12-22-34(35)42)38-40-36(27-14-4-2-5-15-27)39-37(41-38)29-24-23-26-13-8-9-16-28(26)25-29;1-37(2)28-17-9-8-15-26(28)30-27(16-10-18-29(30)37)33-35-31(23-12-4-3-5-13-23)34-32(36-33)25-20-19-22-11-6-7-14-24(22)21-25/h3-25H,1-2H3;2-25H,1H3;3-21H,1-2H3. The molecule has 0 bridgehead atoms. The van der Waals surface area contributed by atoms with Gasteiger partial charge in [0.15, 0.2) is 52.4 Å². The Morgan fingerprint density at radius 2 is 0.434 bits per heavy atom. The highest BCUT2D eigenvalue weighted by atomic mass is 28.3. The van der Waals surface area contributed by atoms with E-state index >= 15 is 0 Å². The molecule has 12 heteroatoms. The molecule has 0 saturated heterocycles. The van der Waals surface area contributed by atoms with Crippen molar-refractivity contribution >= 4 is 92.8 Å². The van der Waals surface area contributed by atoms with Gasteiger partial charge in [-0.2, -0.15) is 0 Å². The summed E-state index contributed by atoms with van der Waals surface area (Å²) >= 11 is 0. The van der Waals surface area contributed by atoms with Crippen molar-refractivity contribution in [2.24, 2.45) is 0 Å². The molecule has 0 fully saturated rings. The number of rotatable bonds is 11. The Kier molecular flexibility index (Phi) is 18.9. The van der Waals surface area contributed by atoms with Crippen LogP contribution >= 0.6 is 0 Å². The molecule has 3 aliphatic rings. The van der Waals surface area contributed by atoms with Crippen LogP contribution in [0.5, 0.6) is 0 Å². The van der Waals surface area contributed by atoms with Gasteiger partial charge in [0.25, 0.3) is 0 Å². The van der Waals surface area contributed by atoms with E-state index in [4.69, 9.17) is 44.9 Å². The molecule has 1 atom stereocenters. The molecular weight excluding hydrogens is 1530 g/mol. The SMILES string of the molecule is C[Si]1(C)c2cc(-c3ccccc3)ccc2-c2ccc(-c3nc(-c4ccccc4)nc(-c4ccc5ccccc5c4)n3)cc21.C[Si]1(C)c2ccccc2-c2c(-c3nc(-c4ccccc4)nc(-c4ccc5ccccc5c4)n3)cccc21.C[Si]1(c2ccccc2)c2ccccc2-c2c(-c3nc(-c4ccccc4)nc(-c4ccc5ccccc5c4)n3)cccc21. The maximum atomic E-state index is 5.17. The highest BCUT2D eigenvalue weighted by Crippen LogP contribution is 2.41. The lowest BCUT2D eigenvalue weighted by Crippen LogP contribution is -2.62. The summed E-state index contributed by atoms with van der Waals surface area (Å²) in [5, 5.41) is 17.2. The first-order valence-corrected chi connectivity index (χ1v) is 50.1. The molecule has 23 rings (SSSR count). The summed E-state index contributed by atoms with van der Waals surface area (Å²) in [5.74, 6) is 6.21. The number of fused-ring (bicyclic) bond motifs is 12. The zero-order valence-corrected chi connectivity index (χ0v) is 71.1. The second-order valence-electron chi connectivity index (χ2n) is 32.9. The lowest BCUT2D eigenvalue weighted by atomic mass is 9.99. The van der Waals surface area contributed by atoms with Gasteiger partial charge in [-0.1, -0.05) is 415 Å². The normalized spacial score (nSPS) is 13.9. The summed E-state index contributed by atoms with van der Waals surface area (Å²) in [6.45, 7) is 12.3. The Labute approximate surface area is 712 Å². The maximum absolute atomic E-state index is 5.17. The fourth-order valence-electron chi connectivity index (χ4n) is 18.5. The predicted octanol–water partition coefficient (Wildman–Crippen LogP) is 22.4. The number of hydrogen-bond donors (Lipinski definition) is 0. The average Bonchev–Trinajstić information content (AvgIpc) is 1.62. The molecule has 1 unspecified atom stereocenters. The number of hydrogen-bond acceptors (Lipinski definition) is 9. The number of aromatic nitrogens is 9. The molecule has 0 spiro atoms. The maximum Gasteiger partial charge on any atom is 0.164 e. The topological polar surface area (TPSA) is 116 Å². The third-order valence-electron chi connectivity index (χ3n) is 24.8. The minimum absolute atomic E-state index is 0.677. The van der Waals surface area contributed by atoms with Crippen molar-refractivity contribution in [2.75, 3.05) is 0 Å². The van der Waals surface area contributed by atoms with Gasteiger partial charge in [0.1, 0.15) is 24.2 Å². The molecule has 0 radical (unpaired) electrons. The molecule has 578 valence electrons. The molecule has 0 amide bonds. The third kappa shape index (κ3) is 13.5. The first-order chi connectivity index (χ1) is 59.8. The molecule has 122 heavy (non-hydrogen) atoms. The second-order valence-corrected chi connectivity index (χ2v) is 45.4. The van der Waals surface area contributed by atoms with E-state index in [0.717, 1.165) is 61.3 Å². The van der Waals surface area contributed by atoms with Gasteiger partial charge in [-0.25, -0.2) is 44.9 Å². The summed E-state index contributed by atoms with van der Waals surface area (Å²) < 4.78 is 0. The van der Waals surface area contributed by atoms with Crippen molar-refractivity contribution < 1.29 is 0 Å². The van der Waals surface area contributed by atoms with Crippen LogP contribution in [0.2, 0.25) is 32.7 Å². The average molecular weight is 1610 g/mol. The second kappa shape index (κ2) is 30.8. The highest BCUT2D eigenvalue weighted by Gasteiger charge is 2.45. The summed E-state index contributed by atoms with van der Waals surface area (Å²) in [6.07, 6.45) is 0. The van der Waals surface area contributed by atoms with Gasteiger partial charge < -0.3 is 0 Å². The zero-order valence-electron chi connectivity index (χ0n) is 68.1. The van der Waals surface area contributed by atoms with Gasteiger partial charge in [-0.3, -0.25) is 0 Å². The van der Waals surface area contributed by atoms with Crippen LogP contribution < -0.4 is 36.3 Å². The first kappa shape index (κ1) is 74.7. The van der Waals surface area contributed by atoms with E-state index in [9.17, 15) is 0 Å². The lowest BCUT2D eigenvalue weighted by Gasteiger charge is -2.25. The van der Waals surface area contributed by atoms with Crippen molar-refractivity contribution in [2.45, 2.75) is 32.7 Å². The van der Waals surface area contributed by atoms with Gasteiger partial charge >= 0.3 is 0 Å². The Balaban J connectivity index is 0.000000113. The van der Waals surface area contributed by atoms with Crippen LogP contribution in [-0.2, 0) is 0 Å². The highest BCUT2D eigenvalue weighted by molar-refractivity contribution is 7.13. The largest absolute Gasteiger partial charge is 0.208 e. The Bertz CT molecular complexity index is 7480. The predicted molar refractivity (Wildman–Crippen MR) is 513 cm³/mol. The Morgan fingerprint density at radius 3 is 0.869 bits per heavy atom. The zero-order chi connectivity index (χ0) is 82.0. The fourth-order valence-corrected chi connectivity index (χ4v) is 28.8. The van der Waals surface area contributed by atoms with Crippen molar-refractivity contribution in [3.8, 4) is 147 Å². The molecule has 20 aromatic rings. The molecule has 0 N–H and O–H groups in total. The van der Waals surface area contributed by atoms with E-state index in [-0.39, 0.29) is 0 Å². The smallest absolute Gasteiger partial charge is 0.164 e. The van der Waals surface area contributed by atoms with E-state index in [0.29, 0.717) is 46.6 Å². The minimum Gasteiger partial charge on any atom is -0.208 e. The summed E-state index contributed by atoms with van der Waals surface area (Å²) in [4.78, 5) is 45.5. The Hall–Kier alpha value is -14.8. The summed E-state index contributed by atoms with van der Waals surface area (Å²) in [6, 6.07) is 142. The fraction of sp³-hybridized carbons (Fsp3) is 0.0455. The molecular formula is C110H81N9Si3. The minimum atomic E-state index is -2.22. The summed E-state index contributed by atoms with van der Waals surface area (Å²) in [7, 11) is -5.99. The van der Waals surface area contributed by atoms with Crippen molar-refractivity contribution in [1.82, 2.24) is 44.9 Å². The van der Waals surface area contributed by atoms with E-state index in [1.165, 1.54) is 108 Å². The molecule has 6 heterocycles. The van der Waals surface area contributed by atoms with Gasteiger partial charge in [0.05, 0.1) is 0 Å². The van der Waals surface area contributed by atoms with Crippen molar-refractivity contribution in [3.63, 3.8) is 0 Å². The monoisotopic (exact) mass is 1610 g/mol. The van der Waals surface area contributed by atoms with E-state index < -0.39 is 24.2 Å². The van der Waals surface area contributed by atoms with Crippen molar-refractivity contribution in [3.05, 3.63) is 400 Å². The van der Waals surface area contributed by atoms with E-state index in [1.54, 1.807) is 0 Å². The van der Waals surface area contributed by atoms with Crippen LogP contribution in [0.1, 0.15) is 0 Å². The summed E-state index contributed by atoms with van der Waals surface area (Å²) in [5.41, 5.74) is 19.4. The van der Waals surface area contributed by atoms with Crippen LogP contribution in [-0.4, -0.2) is 69.1 Å².